The lowest BCUT2D eigenvalue weighted by Crippen LogP contribution is -2.14. The average molecular weight is 225 g/mol. The van der Waals surface area contributed by atoms with E-state index in [1.54, 1.807) is 7.11 Å². The van der Waals surface area contributed by atoms with Crippen molar-refractivity contribution in [3.05, 3.63) is 11.7 Å². The predicted octanol–water partition coefficient (Wildman–Crippen LogP) is 1.24. The monoisotopic (exact) mass is 225 g/mol. The lowest BCUT2D eigenvalue weighted by atomic mass is 10.1. The third-order valence-corrected chi connectivity index (χ3v) is 3.06. The second-order valence-corrected chi connectivity index (χ2v) is 4.42. The fourth-order valence-electron chi connectivity index (χ4n) is 2.15. The van der Waals surface area contributed by atoms with Gasteiger partial charge in [-0.2, -0.15) is 4.98 Å². The summed E-state index contributed by atoms with van der Waals surface area (Å²) in [6, 6.07) is 0.300. The van der Waals surface area contributed by atoms with E-state index in [4.69, 9.17) is 15.0 Å². The normalized spacial score (nSPS) is 25.1. The first-order valence-electron chi connectivity index (χ1n) is 5.86. The van der Waals surface area contributed by atoms with E-state index in [-0.39, 0.29) is 0 Å². The number of methoxy groups -OCH3 is 1. The van der Waals surface area contributed by atoms with Gasteiger partial charge in [-0.05, 0) is 25.7 Å². The number of rotatable bonds is 5. The van der Waals surface area contributed by atoms with E-state index in [1.807, 2.05) is 0 Å². The number of hydrogen-bond donors (Lipinski definition) is 1. The number of aromatic nitrogens is 2. The van der Waals surface area contributed by atoms with Gasteiger partial charge in [0, 0.05) is 32.1 Å². The quantitative estimate of drug-likeness (QED) is 0.763. The lowest BCUT2D eigenvalue weighted by molar-refractivity contribution is 0.194. The maximum absolute atomic E-state index is 5.86. The molecule has 1 heterocycles. The molecule has 0 radical (unpaired) electrons. The minimum absolute atomic E-state index is 0.300. The Balaban J connectivity index is 1.87. The molecule has 0 aromatic carbocycles. The first-order valence-corrected chi connectivity index (χ1v) is 5.86. The number of hydrogen-bond acceptors (Lipinski definition) is 5. The summed E-state index contributed by atoms with van der Waals surface area (Å²) in [5, 5.41) is 3.98. The zero-order valence-corrected chi connectivity index (χ0v) is 9.69. The van der Waals surface area contributed by atoms with Gasteiger partial charge in [-0.15, -0.1) is 0 Å². The van der Waals surface area contributed by atoms with Crippen LogP contribution in [0.2, 0.25) is 0 Å². The molecule has 2 atom stereocenters. The Labute approximate surface area is 95.3 Å². The standard InChI is InChI=1S/C11H19N3O2/c1-15-6-2-3-10-13-11(16-14-10)8-4-5-9(12)7-8/h8-9H,2-7,12H2,1H3/t8-,9+/m1/s1. The molecule has 5 heteroatoms. The van der Waals surface area contributed by atoms with Crippen LogP contribution in [-0.4, -0.2) is 29.9 Å². The maximum atomic E-state index is 5.86. The summed E-state index contributed by atoms with van der Waals surface area (Å²) in [6.45, 7) is 0.734. The van der Waals surface area contributed by atoms with E-state index >= 15 is 0 Å². The Kier molecular flexibility index (Phi) is 3.90. The van der Waals surface area contributed by atoms with Crippen LogP contribution in [0.4, 0.5) is 0 Å². The summed E-state index contributed by atoms with van der Waals surface area (Å²) in [6.07, 6.45) is 4.85. The van der Waals surface area contributed by atoms with Gasteiger partial charge in [0.05, 0.1) is 0 Å². The van der Waals surface area contributed by atoms with Gasteiger partial charge in [0.25, 0.3) is 0 Å². The molecular weight excluding hydrogens is 206 g/mol. The summed E-state index contributed by atoms with van der Waals surface area (Å²) >= 11 is 0. The van der Waals surface area contributed by atoms with Gasteiger partial charge in [-0.1, -0.05) is 5.16 Å². The lowest BCUT2D eigenvalue weighted by Gasteiger charge is -2.01. The van der Waals surface area contributed by atoms with Crippen molar-refractivity contribution < 1.29 is 9.26 Å². The van der Waals surface area contributed by atoms with Crippen LogP contribution in [0.5, 0.6) is 0 Å². The fourth-order valence-corrected chi connectivity index (χ4v) is 2.15. The Morgan fingerprint density at radius 1 is 1.50 bits per heavy atom. The molecule has 0 amide bonds. The molecular formula is C11H19N3O2. The Hall–Kier alpha value is -0.940. The molecule has 0 bridgehead atoms. The van der Waals surface area contributed by atoms with Gasteiger partial charge in [-0.3, -0.25) is 0 Å². The molecule has 2 N–H and O–H groups in total. The van der Waals surface area contributed by atoms with Crippen molar-refractivity contribution in [3.63, 3.8) is 0 Å². The number of nitrogens with two attached hydrogens (primary N) is 1. The van der Waals surface area contributed by atoms with Crippen molar-refractivity contribution in [3.8, 4) is 0 Å². The Morgan fingerprint density at radius 3 is 3.06 bits per heavy atom. The predicted molar refractivity (Wildman–Crippen MR) is 59.1 cm³/mol. The van der Waals surface area contributed by atoms with Crippen molar-refractivity contribution in [2.45, 2.75) is 44.1 Å². The zero-order chi connectivity index (χ0) is 11.4. The molecule has 5 nitrogen and oxygen atoms in total. The van der Waals surface area contributed by atoms with Gasteiger partial charge in [-0.25, -0.2) is 0 Å². The van der Waals surface area contributed by atoms with Crippen LogP contribution >= 0.6 is 0 Å². The van der Waals surface area contributed by atoms with Crippen LogP contribution in [0, 0.1) is 0 Å². The molecule has 0 unspecified atom stereocenters. The third-order valence-electron chi connectivity index (χ3n) is 3.06. The topological polar surface area (TPSA) is 74.2 Å². The second kappa shape index (κ2) is 5.41. The molecule has 2 rings (SSSR count). The molecule has 90 valence electrons. The van der Waals surface area contributed by atoms with Gasteiger partial charge < -0.3 is 15.0 Å². The summed E-state index contributed by atoms with van der Waals surface area (Å²) in [5.74, 6) is 1.92. The zero-order valence-electron chi connectivity index (χ0n) is 9.69. The SMILES string of the molecule is COCCCc1noc([C@@H]2CC[C@H](N)C2)n1. The van der Waals surface area contributed by atoms with Crippen LogP contribution in [-0.2, 0) is 11.2 Å². The van der Waals surface area contributed by atoms with Crippen LogP contribution in [0.1, 0.15) is 43.3 Å². The van der Waals surface area contributed by atoms with E-state index in [1.165, 1.54) is 0 Å². The van der Waals surface area contributed by atoms with Crippen molar-refractivity contribution >= 4 is 0 Å². The van der Waals surface area contributed by atoms with Crippen molar-refractivity contribution in [1.82, 2.24) is 10.1 Å². The van der Waals surface area contributed by atoms with Gasteiger partial charge in [0.1, 0.15) is 0 Å². The molecule has 0 aliphatic heterocycles. The first kappa shape index (κ1) is 11.5. The molecule has 1 aliphatic carbocycles. The smallest absolute Gasteiger partial charge is 0.229 e. The van der Waals surface area contributed by atoms with Crippen molar-refractivity contribution in [1.29, 1.82) is 0 Å². The summed E-state index contributed by atoms with van der Waals surface area (Å²) < 4.78 is 10.3. The summed E-state index contributed by atoms with van der Waals surface area (Å²) in [5.41, 5.74) is 5.86. The van der Waals surface area contributed by atoms with Crippen molar-refractivity contribution in [2.75, 3.05) is 13.7 Å². The van der Waals surface area contributed by atoms with Crippen molar-refractivity contribution in [2.24, 2.45) is 5.73 Å². The highest BCUT2D eigenvalue weighted by atomic mass is 16.5. The average Bonchev–Trinajstić information content (AvgIpc) is 2.87. The Morgan fingerprint density at radius 2 is 2.38 bits per heavy atom. The third kappa shape index (κ3) is 2.80. The first-order chi connectivity index (χ1) is 7.79. The maximum Gasteiger partial charge on any atom is 0.229 e. The van der Waals surface area contributed by atoms with Crippen LogP contribution < -0.4 is 5.73 Å². The highest BCUT2D eigenvalue weighted by Crippen LogP contribution is 2.32. The van der Waals surface area contributed by atoms with Crippen LogP contribution in [0.3, 0.4) is 0 Å². The van der Waals surface area contributed by atoms with Gasteiger partial charge in [0.2, 0.25) is 5.89 Å². The number of aryl methyl sites for hydroxylation is 1. The summed E-state index contributed by atoms with van der Waals surface area (Å²) in [7, 11) is 1.70. The molecule has 1 saturated carbocycles. The van der Waals surface area contributed by atoms with E-state index in [9.17, 15) is 0 Å². The highest BCUT2D eigenvalue weighted by molar-refractivity contribution is 4.99. The Bertz CT molecular complexity index is 327. The van der Waals surface area contributed by atoms with Crippen LogP contribution in [0.15, 0.2) is 4.52 Å². The molecule has 1 aromatic rings. The number of ether oxygens (including phenoxy) is 1. The fraction of sp³-hybridized carbons (Fsp3) is 0.818. The summed E-state index contributed by atoms with van der Waals surface area (Å²) in [4.78, 5) is 4.41. The van der Waals surface area contributed by atoms with Gasteiger partial charge >= 0.3 is 0 Å². The number of nitrogens with zero attached hydrogens (tertiary/aromatic N) is 2. The minimum atomic E-state index is 0.300. The van der Waals surface area contributed by atoms with E-state index in [0.717, 1.165) is 50.4 Å². The minimum Gasteiger partial charge on any atom is -0.385 e. The second-order valence-electron chi connectivity index (χ2n) is 4.42. The van der Waals surface area contributed by atoms with Gasteiger partial charge in [0.15, 0.2) is 5.82 Å². The molecule has 1 aliphatic rings. The molecule has 1 aromatic heterocycles. The van der Waals surface area contributed by atoms with E-state index in [0.29, 0.717) is 12.0 Å². The highest BCUT2D eigenvalue weighted by Gasteiger charge is 2.27. The largest absolute Gasteiger partial charge is 0.385 e. The van der Waals surface area contributed by atoms with Crippen LogP contribution in [0.25, 0.3) is 0 Å². The van der Waals surface area contributed by atoms with E-state index in [2.05, 4.69) is 10.1 Å². The molecule has 0 spiro atoms. The molecule has 0 saturated heterocycles. The molecule has 16 heavy (non-hydrogen) atoms. The molecule has 1 fully saturated rings. The van der Waals surface area contributed by atoms with E-state index < -0.39 is 0 Å².